The van der Waals surface area contributed by atoms with Crippen LogP contribution >= 0.6 is 0 Å². The Balaban J connectivity index is 1.51. The van der Waals surface area contributed by atoms with Crippen LogP contribution in [0.15, 0.2) is 17.1 Å². The van der Waals surface area contributed by atoms with Gasteiger partial charge < -0.3 is 24.8 Å². The summed E-state index contributed by atoms with van der Waals surface area (Å²) in [6, 6.07) is 2.99. The number of fused-ring (bicyclic) bond motifs is 1. The minimum atomic E-state index is -0.265. The van der Waals surface area contributed by atoms with Gasteiger partial charge in [-0.05, 0) is 37.0 Å². The minimum Gasteiger partial charge on any atom is -0.467 e. The molecule has 0 aliphatic carbocycles. The van der Waals surface area contributed by atoms with E-state index in [1.807, 2.05) is 0 Å². The van der Waals surface area contributed by atoms with E-state index in [9.17, 15) is 4.39 Å². The van der Waals surface area contributed by atoms with Crippen LogP contribution in [0, 0.1) is 5.82 Å². The predicted molar refractivity (Wildman–Crippen MR) is 88.7 cm³/mol. The van der Waals surface area contributed by atoms with Crippen molar-refractivity contribution in [3.05, 3.63) is 29.1 Å². The van der Waals surface area contributed by atoms with E-state index in [1.54, 1.807) is 7.05 Å². The molecule has 0 amide bonds. The molecule has 132 valence electrons. The Morgan fingerprint density at radius 2 is 2.29 bits per heavy atom. The number of nitrogens with one attached hydrogen (secondary N) is 2. The van der Waals surface area contributed by atoms with Crippen molar-refractivity contribution in [3.63, 3.8) is 0 Å². The number of hydrogen-bond donors (Lipinski definition) is 2. The average Bonchev–Trinajstić information content (AvgIpc) is 3.11. The van der Waals surface area contributed by atoms with Crippen LogP contribution in [-0.2, 0) is 22.5 Å². The van der Waals surface area contributed by atoms with Gasteiger partial charge in [-0.1, -0.05) is 0 Å². The Bertz CT molecular complexity index is 589. The summed E-state index contributed by atoms with van der Waals surface area (Å²) in [5.74, 6) is 1.20. The summed E-state index contributed by atoms with van der Waals surface area (Å²) in [6.07, 6.45) is 3.10. The maximum atomic E-state index is 13.7. The molecule has 1 unspecified atom stereocenters. The molecule has 0 spiro atoms. The summed E-state index contributed by atoms with van der Waals surface area (Å²) >= 11 is 0. The van der Waals surface area contributed by atoms with Gasteiger partial charge in [0.2, 0.25) is 0 Å². The zero-order valence-electron chi connectivity index (χ0n) is 13.9. The first-order chi connectivity index (χ1) is 11.8. The van der Waals surface area contributed by atoms with Gasteiger partial charge in [0.1, 0.15) is 11.6 Å². The van der Waals surface area contributed by atoms with Crippen LogP contribution in [-0.4, -0.2) is 45.6 Å². The molecule has 6 nitrogen and oxygen atoms in total. The lowest BCUT2D eigenvalue weighted by Gasteiger charge is -2.21. The number of aliphatic imine (C=N–C) groups is 1. The summed E-state index contributed by atoms with van der Waals surface area (Å²) in [5, 5.41) is 6.50. The van der Waals surface area contributed by atoms with Crippen LogP contribution in [0.25, 0.3) is 0 Å². The van der Waals surface area contributed by atoms with Gasteiger partial charge in [-0.3, -0.25) is 4.99 Å². The highest BCUT2D eigenvalue weighted by Gasteiger charge is 2.17. The zero-order valence-corrected chi connectivity index (χ0v) is 13.9. The maximum Gasteiger partial charge on any atom is 0.191 e. The Hall–Kier alpha value is -1.86. The van der Waals surface area contributed by atoms with Crippen molar-refractivity contribution in [2.75, 3.05) is 33.5 Å². The molecule has 1 atom stereocenters. The highest BCUT2D eigenvalue weighted by molar-refractivity contribution is 5.79. The smallest absolute Gasteiger partial charge is 0.191 e. The summed E-state index contributed by atoms with van der Waals surface area (Å²) in [4.78, 5) is 4.20. The van der Waals surface area contributed by atoms with Crippen molar-refractivity contribution in [3.8, 4) is 5.75 Å². The molecule has 2 N–H and O–H groups in total. The first-order valence-corrected chi connectivity index (χ1v) is 8.34. The van der Waals surface area contributed by atoms with Crippen LogP contribution in [0.3, 0.4) is 0 Å². The maximum absolute atomic E-state index is 13.7. The Kier molecular flexibility index (Phi) is 5.87. The topological polar surface area (TPSA) is 64.1 Å². The monoisotopic (exact) mass is 337 g/mol. The van der Waals surface area contributed by atoms with Crippen LogP contribution in [0.2, 0.25) is 0 Å². The largest absolute Gasteiger partial charge is 0.467 e. The lowest BCUT2D eigenvalue weighted by atomic mass is 10.1. The van der Waals surface area contributed by atoms with E-state index < -0.39 is 0 Å². The van der Waals surface area contributed by atoms with Gasteiger partial charge in [0.15, 0.2) is 12.8 Å². The fourth-order valence-corrected chi connectivity index (χ4v) is 2.99. The van der Waals surface area contributed by atoms with Gasteiger partial charge in [-0.2, -0.15) is 0 Å². The summed E-state index contributed by atoms with van der Waals surface area (Å²) in [6.45, 7) is 2.81. The SMILES string of the molecule is CN=C(NCCc1cc(F)cc2c1OCOC2)NCC1CCCO1. The second-order valence-corrected chi connectivity index (χ2v) is 5.93. The van der Waals surface area contributed by atoms with Gasteiger partial charge in [0.05, 0.1) is 12.7 Å². The van der Waals surface area contributed by atoms with E-state index in [0.29, 0.717) is 19.6 Å². The molecule has 1 aromatic carbocycles. The molecule has 0 aromatic heterocycles. The molecule has 24 heavy (non-hydrogen) atoms. The average molecular weight is 337 g/mol. The summed E-state index contributed by atoms with van der Waals surface area (Å²) < 4.78 is 30.0. The Labute approximate surface area is 141 Å². The number of rotatable bonds is 5. The summed E-state index contributed by atoms with van der Waals surface area (Å²) in [7, 11) is 1.73. The summed E-state index contributed by atoms with van der Waals surface area (Å²) in [5.41, 5.74) is 1.60. The van der Waals surface area contributed by atoms with Crippen molar-refractivity contribution in [1.82, 2.24) is 10.6 Å². The van der Waals surface area contributed by atoms with Crippen LogP contribution in [0.1, 0.15) is 24.0 Å². The third-order valence-corrected chi connectivity index (χ3v) is 4.18. The molecule has 1 aromatic rings. The second-order valence-electron chi connectivity index (χ2n) is 5.93. The van der Waals surface area contributed by atoms with E-state index in [0.717, 1.165) is 48.8 Å². The minimum absolute atomic E-state index is 0.212. The van der Waals surface area contributed by atoms with Crippen LogP contribution in [0.5, 0.6) is 5.75 Å². The zero-order chi connectivity index (χ0) is 16.8. The van der Waals surface area contributed by atoms with Crippen LogP contribution in [0.4, 0.5) is 4.39 Å². The van der Waals surface area contributed by atoms with Crippen molar-refractivity contribution in [2.24, 2.45) is 4.99 Å². The predicted octanol–water partition coefficient (Wildman–Crippen LogP) is 1.58. The Morgan fingerprint density at radius 1 is 1.38 bits per heavy atom. The molecule has 7 heteroatoms. The van der Waals surface area contributed by atoms with Crippen molar-refractivity contribution in [1.29, 1.82) is 0 Å². The molecule has 1 saturated heterocycles. The number of guanidine groups is 1. The van der Waals surface area contributed by atoms with Gasteiger partial charge in [-0.25, -0.2) is 4.39 Å². The first-order valence-electron chi connectivity index (χ1n) is 8.34. The Morgan fingerprint density at radius 3 is 3.08 bits per heavy atom. The normalized spacial score (nSPS) is 20.4. The number of halogens is 1. The second kappa shape index (κ2) is 8.30. The van der Waals surface area contributed by atoms with E-state index in [2.05, 4.69) is 15.6 Å². The standard InChI is InChI=1S/C17H24FN3O3/c1-19-17(21-9-15-3-2-6-23-15)20-5-4-12-7-14(18)8-13-10-22-11-24-16(12)13/h7-8,15H,2-6,9-11H2,1H3,(H2,19,20,21). The number of nitrogens with zero attached hydrogens (tertiary/aromatic N) is 1. The van der Waals surface area contributed by atoms with Crippen molar-refractivity contribution in [2.45, 2.75) is 32.0 Å². The molecule has 2 aliphatic heterocycles. The van der Waals surface area contributed by atoms with Gasteiger partial charge in [0, 0.05) is 32.3 Å². The van der Waals surface area contributed by atoms with Gasteiger partial charge >= 0.3 is 0 Å². The molecular formula is C17H24FN3O3. The fourth-order valence-electron chi connectivity index (χ4n) is 2.99. The lowest BCUT2D eigenvalue weighted by Crippen LogP contribution is -2.41. The van der Waals surface area contributed by atoms with Crippen molar-refractivity contribution < 1.29 is 18.6 Å². The molecule has 2 heterocycles. The van der Waals surface area contributed by atoms with Crippen molar-refractivity contribution >= 4 is 5.96 Å². The highest BCUT2D eigenvalue weighted by atomic mass is 19.1. The fraction of sp³-hybridized carbons (Fsp3) is 0.588. The van der Waals surface area contributed by atoms with E-state index in [1.165, 1.54) is 12.1 Å². The van der Waals surface area contributed by atoms with Crippen LogP contribution < -0.4 is 15.4 Å². The molecule has 2 aliphatic rings. The van der Waals surface area contributed by atoms with Gasteiger partial charge in [-0.15, -0.1) is 0 Å². The molecule has 3 rings (SSSR count). The molecule has 0 bridgehead atoms. The number of hydrogen-bond acceptors (Lipinski definition) is 4. The number of ether oxygens (including phenoxy) is 3. The van der Waals surface area contributed by atoms with E-state index in [4.69, 9.17) is 14.2 Å². The highest BCUT2D eigenvalue weighted by Crippen LogP contribution is 2.29. The molecular weight excluding hydrogens is 313 g/mol. The quantitative estimate of drug-likeness (QED) is 0.631. The molecule has 0 radical (unpaired) electrons. The number of benzene rings is 1. The third-order valence-electron chi connectivity index (χ3n) is 4.18. The van der Waals surface area contributed by atoms with Gasteiger partial charge in [0.25, 0.3) is 0 Å². The molecule has 0 saturated carbocycles. The van der Waals surface area contributed by atoms with E-state index >= 15 is 0 Å². The third kappa shape index (κ3) is 4.36. The molecule has 1 fully saturated rings. The van der Waals surface area contributed by atoms with E-state index in [-0.39, 0.29) is 18.7 Å². The lowest BCUT2D eigenvalue weighted by molar-refractivity contribution is -0.0172. The first kappa shape index (κ1) is 17.0.